The molecule has 0 aliphatic heterocycles. The van der Waals surface area contributed by atoms with Crippen LogP contribution in [0.25, 0.3) is 0 Å². The van der Waals surface area contributed by atoms with Gasteiger partial charge in [0.2, 0.25) is 0 Å². The molecule has 0 N–H and O–H groups in total. The SMILES string of the molecule is [CH2]CCCCCOCC(F)CF. The smallest absolute Gasteiger partial charge is 0.151 e. The molecule has 0 amide bonds. The van der Waals surface area contributed by atoms with Crippen LogP contribution in [0.15, 0.2) is 0 Å². The van der Waals surface area contributed by atoms with Crippen LogP contribution in [0, 0.1) is 6.92 Å². The van der Waals surface area contributed by atoms with Crippen LogP contribution in [0.3, 0.4) is 0 Å². The predicted molar refractivity (Wildman–Crippen MR) is 45.5 cm³/mol. The van der Waals surface area contributed by atoms with Gasteiger partial charge >= 0.3 is 0 Å². The van der Waals surface area contributed by atoms with Gasteiger partial charge in [0.1, 0.15) is 6.67 Å². The lowest BCUT2D eigenvalue weighted by Gasteiger charge is -2.04. The molecule has 1 nitrogen and oxygen atoms in total. The molecule has 0 aromatic carbocycles. The molecular weight excluding hydrogens is 162 g/mol. The average Bonchev–Trinajstić information content (AvgIpc) is 2.10. The Morgan fingerprint density at radius 1 is 1.25 bits per heavy atom. The van der Waals surface area contributed by atoms with Crippen molar-refractivity contribution in [3.63, 3.8) is 0 Å². The summed E-state index contributed by atoms with van der Waals surface area (Å²) < 4.78 is 28.6. The number of rotatable bonds is 8. The standard InChI is InChI=1S/C9H17F2O/c1-2-3-4-5-6-12-8-9(11)7-10/h9H,1-8H2. The van der Waals surface area contributed by atoms with Crippen molar-refractivity contribution in [2.45, 2.75) is 31.9 Å². The summed E-state index contributed by atoms with van der Waals surface area (Å²) in [6.07, 6.45) is 2.52. The lowest BCUT2D eigenvalue weighted by Crippen LogP contribution is -2.12. The van der Waals surface area contributed by atoms with Crippen molar-refractivity contribution in [2.24, 2.45) is 0 Å². The second kappa shape index (κ2) is 8.91. The van der Waals surface area contributed by atoms with Gasteiger partial charge in [0.15, 0.2) is 6.17 Å². The fraction of sp³-hybridized carbons (Fsp3) is 0.889. The molecule has 1 radical (unpaired) electrons. The highest BCUT2D eigenvalue weighted by molar-refractivity contribution is 4.50. The Morgan fingerprint density at radius 2 is 2.00 bits per heavy atom. The summed E-state index contributed by atoms with van der Waals surface area (Å²) in [6, 6.07) is 0. The summed E-state index contributed by atoms with van der Waals surface area (Å²) in [4.78, 5) is 0. The average molecular weight is 179 g/mol. The van der Waals surface area contributed by atoms with E-state index in [9.17, 15) is 8.78 Å². The van der Waals surface area contributed by atoms with Gasteiger partial charge < -0.3 is 4.74 Å². The summed E-state index contributed by atoms with van der Waals surface area (Å²) >= 11 is 0. The van der Waals surface area contributed by atoms with Gasteiger partial charge in [-0.05, 0) is 6.42 Å². The molecule has 12 heavy (non-hydrogen) atoms. The van der Waals surface area contributed by atoms with Crippen molar-refractivity contribution in [3.05, 3.63) is 6.92 Å². The van der Waals surface area contributed by atoms with E-state index in [2.05, 4.69) is 6.92 Å². The Hall–Kier alpha value is -0.180. The highest BCUT2D eigenvalue weighted by Gasteiger charge is 2.03. The molecule has 1 atom stereocenters. The van der Waals surface area contributed by atoms with E-state index < -0.39 is 12.8 Å². The third-order valence-electron chi connectivity index (χ3n) is 1.50. The van der Waals surface area contributed by atoms with E-state index in [1.54, 1.807) is 0 Å². The molecular formula is C9H17F2O. The first kappa shape index (κ1) is 11.8. The fourth-order valence-electron chi connectivity index (χ4n) is 0.813. The molecule has 0 aromatic rings. The number of alkyl halides is 2. The zero-order valence-electron chi connectivity index (χ0n) is 7.40. The molecule has 0 aromatic heterocycles. The van der Waals surface area contributed by atoms with Crippen LogP contribution in [0.4, 0.5) is 8.78 Å². The molecule has 0 rings (SSSR count). The highest BCUT2D eigenvalue weighted by atomic mass is 19.2. The van der Waals surface area contributed by atoms with Crippen molar-refractivity contribution >= 4 is 0 Å². The Labute approximate surface area is 73.1 Å². The van der Waals surface area contributed by atoms with Crippen LogP contribution in [0.2, 0.25) is 0 Å². The number of hydrogen-bond acceptors (Lipinski definition) is 1. The van der Waals surface area contributed by atoms with E-state index in [1.165, 1.54) is 0 Å². The first-order valence-corrected chi connectivity index (χ1v) is 4.38. The summed E-state index contributed by atoms with van der Waals surface area (Å²) in [5.74, 6) is 0. The maximum atomic E-state index is 12.2. The van der Waals surface area contributed by atoms with Gasteiger partial charge in [0, 0.05) is 6.61 Å². The zero-order chi connectivity index (χ0) is 9.23. The molecule has 0 aliphatic carbocycles. The molecule has 73 valence electrons. The maximum absolute atomic E-state index is 12.2. The van der Waals surface area contributed by atoms with E-state index in [0.29, 0.717) is 6.61 Å². The number of unbranched alkanes of at least 4 members (excludes halogenated alkanes) is 3. The van der Waals surface area contributed by atoms with Gasteiger partial charge in [-0.2, -0.15) is 0 Å². The first-order valence-electron chi connectivity index (χ1n) is 4.38. The molecule has 0 bridgehead atoms. The maximum Gasteiger partial charge on any atom is 0.151 e. The van der Waals surface area contributed by atoms with Gasteiger partial charge in [0.25, 0.3) is 0 Å². The quantitative estimate of drug-likeness (QED) is 0.520. The van der Waals surface area contributed by atoms with Crippen LogP contribution in [-0.2, 0) is 4.74 Å². The van der Waals surface area contributed by atoms with Crippen LogP contribution in [0.1, 0.15) is 25.7 Å². The second-order valence-electron chi connectivity index (χ2n) is 2.74. The van der Waals surface area contributed by atoms with Crippen molar-refractivity contribution in [1.82, 2.24) is 0 Å². The minimum absolute atomic E-state index is 0.110. The topological polar surface area (TPSA) is 9.23 Å². The Bertz CT molecular complexity index is 88.6. The molecule has 0 saturated carbocycles. The fourth-order valence-corrected chi connectivity index (χ4v) is 0.813. The molecule has 1 unspecified atom stereocenters. The normalized spacial score (nSPS) is 13.2. The van der Waals surface area contributed by atoms with Gasteiger partial charge in [0.05, 0.1) is 6.61 Å². The lowest BCUT2D eigenvalue weighted by atomic mass is 10.2. The molecule has 0 heterocycles. The molecule has 0 aliphatic rings. The summed E-state index contributed by atoms with van der Waals surface area (Å²) in [7, 11) is 0. The van der Waals surface area contributed by atoms with Crippen LogP contribution >= 0.6 is 0 Å². The molecule has 3 heteroatoms. The van der Waals surface area contributed by atoms with Gasteiger partial charge in [-0.25, -0.2) is 8.78 Å². The van der Waals surface area contributed by atoms with Crippen molar-refractivity contribution in [3.8, 4) is 0 Å². The molecule has 0 saturated heterocycles. The van der Waals surface area contributed by atoms with E-state index in [-0.39, 0.29) is 6.61 Å². The van der Waals surface area contributed by atoms with Crippen LogP contribution in [-0.4, -0.2) is 26.1 Å². The van der Waals surface area contributed by atoms with Gasteiger partial charge in [-0.15, -0.1) is 0 Å². The van der Waals surface area contributed by atoms with Gasteiger partial charge in [-0.1, -0.05) is 26.2 Å². The molecule has 0 fully saturated rings. The van der Waals surface area contributed by atoms with E-state index >= 15 is 0 Å². The third-order valence-corrected chi connectivity index (χ3v) is 1.50. The van der Waals surface area contributed by atoms with Crippen LogP contribution < -0.4 is 0 Å². The minimum atomic E-state index is -1.45. The predicted octanol–water partition coefficient (Wildman–Crippen LogP) is 2.71. The second-order valence-corrected chi connectivity index (χ2v) is 2.74. The minimum Gasteiger partial charge on any atom is -0.378 e. The van der Waals surface area contributed by atoms with Crippen LogP contribution in [0.5, 0.6) is 0 Å². The van der Waals surface area contributed by atoms with E-state index in [4.69, 9.17) is 4.74 Å². The molecule has 0 spiro atoms. The number of halogens is 2. The van der Waals surface area contributed by atoms with Crippen molar-refractivity contribution in [2.75, 3.05) is 19.9 Å². The Balaban J connectivity index is 2.90. The first-order chi connectivity index (χ1) is 5.81. The third kappa shape index (κ3) is 7.92. The zero-order valence-corrected chi connectivity index (χ0v) is 7.40. The highest BCUT2D eigenvalue weighted by Crippen LogP contribution is 2.00. The largest absolute Gasteiger partial charge is 0.378 e. The van der Waals surface area contributed by atoms with Gasteiger partial charge in [-0.3, -0.25) is 0 Å². The Kier molecular flexibility index (Phi) is 8.78. The van der Waals surface area contributed by atoms with Crippen molar-refractivity contribution < 1.29 is 13.5 Å². The summed E-state index contributed by atoms with van der Waals surface area (Å²) in [5.41, 5.74) is 0. The van der Waals surface area contributed by atoms with E-state index in [0.717, 1.165) is 25.7 Å². The van der Waals surface area contributed by atoms with E-state index in [1.807, 2.05) is 0 Å². The number of ether oxygens (including phenoxy) is 1. The summed E-state index contributed by atoms with van der Waals surface area (Å²) in [5, 5.41) is 0. The summed E-state index contributed by atoms with van der Waals surface area (Å²) in [6.45, 7) is 3.17. The lowest BCUT2D eigenvalue weighted by molar-refractivity contribution is 0.0674. The number of hydrogen-bond donors (Lipinski definition) is 0. The van der Waals surface area contributed by atoms with Crippen molar-refractivity contribution in [1.29, 1.82) is 0 Å². The monoisotopic (exact) mass is 179 g/mol. The Morgan fingerprint density at radius 3 is 2.58 bits per heavy atom.